The van der Waals surface area contributed by atoms with E-state index in [2.05, 4.69) is 10.3 Å². The summed E-state index contributed by atoms with van der Waals surface area (Å²) in [6.45, 7) is 3.86. The minimum absolute atomic E-state index is 0.255. The van der Waals surface area contributed by atoms with Crippen molar-refractivity contribution >= 4 is 73.6 Å². The predicted molar refractivity (Wildman–Crippen MR) is 103 cm³/mol. The van der Waals surface area contributed by atoms with Crippen LogP contribution in [0.3, 0.4) is 0 Å². The maximum absolute atomic E-state index is 12.6. The van der Waals surface area contributed by atoms with Gasteiger partial charge < -0.3 is 11.1 Å². The molecule has 0 unspecified atom stereocenters. The lowest BCUT2D eigenvalue weighted by Gasteiger charge is -2.09. The number of fused-ring (bicyclic) bond motifs is 1. The molecule has 1 amide bonds. The minimum Gasteiger partial charge on any atom is -0.397 e. The van der Waals surface area contributed by atoms with E-state index < -0.39 is 5.91 Å². The van der Waals surface area contributed by atoms with Crippen molar-refractivity contribution < 1.29 is 4.79 Å². The SMILES string of the molecule is Cc1cc2c(N)c(C(=O)Nc3c(Cl)cc(Cl)cc3Cl)sc2nc1C. The van der Waals surface area contributed by atoms with E-state index in [9.17, 15) is 4.79 Å². The molecule has 0 aliphatic rings. The summed E-state index contributed by atoms with van der Waals surface area (Å²) in [7, 11) is 0. The van der Waals surface area contributed by atoms with Crippen LogP contribution in [-0.4, -0.2) is 10.9 Å². The number of amides is 1. The Morgan fingerprint density at radius 1 is 1.17 bits per heavy atom. The molecule has 124 valence electrons. The van der Waals surface area contributed by atoms with Crippen LogP contribution in [0.5, 0.6) is 0 Å². The van der Waals surface area contributed by atoms with E-state index in [4.69, 9.17) is 40.5 Å². The molecule has 0 bridgehead atoms. The number of nitrogens with one attached hydrogen (secondary N) is 1. The molecule has 0 atom stereocenters. The highest BCUT2D eigenvalue weighted by atomic mass is 35.5. The molecule has 0 radical (unpaired) electrons. The van der Waals surface area contributed by atoms with Gasteiger partial charge in [-0.3, -0.25) is 4.79 Å². The van der Waals surface area contributed by atoms with Gasteiger partial charge >= 0.3 is 0 Å². The average molecular weight is 401 g/mol. The molecule has 1 aromatic carbocycles. The largest absolute Gasteiger partial charge is 0.397 e. The molecule has 24 heavy (non-hydrogen) atoms. The van der Waals surface area contributed by atoms with Crippen molar-refractivity contribution in [1.82, 2.24) is 4.98 Å². The monoisotopic (exact) mass is 399 g/mol. The zero-order valence-corrected chi connectivity index (χ0v) is 15.8. The summed E-state index contributed by atoms with van der Waals surface area (Å²) in [6, 6.07) is 4.95. The number of aryl methyl sites for hydroxylation is 2. The summed E-state index contributed by atoms with van der Waals surface area (Å²) >= 11 is 19.3. The van der Waals surface area contributed by atoms with E-state index in [0.29, 0.717) is 26.1 Å². The van der Waals surface area contributed by atoms with E-state index in [1.807, 2.05) is 19.9 Å². The number of hydrogen-bond donors (Lipinski definition) is 2. The van der Waals surface area contributed by atoms with E-state index in [0.717, 1.165) is 16.6 Å². The lowest BCUT2D eigenvalue weighted by Crippen LogP contribution is -2.12. The molecular formula is C16H12Cl3N3OS. The smallest absolute Gasteiger partial charge is 0.268 e. The third-order valence-electron chi connectivity index (χ3n) is 3.62. The van der Waals surface area contributed by atoms with E-state index in [-0.39, 0.29) is 10.0 Å². The van der Waals surface area contributed by atoms with Gasteiger partial charge in [0.1, 0.15) is 9.71 Å². The van der Waals surface area contributed by atoms with Gasteiger partial charge in [0.2, 0.25) is 0 Å². The van der Waals surface area contributed by atoms with Gasteiger partial charge in [-0.25, -0.2) is 4.98 Å². The Hall–Kier alpha value is -1.53. The number of thiophene rings is 1. The van der Waals surface area contributed by atoms with Gasteiger partial charge in [0.05, 0.1) is 21.4 Å². The number of hydrogen-bond acceptors (Lipinski definition) is 4. The fourth-order valence-electron chi connectivity index (χ4n) is 2.23. The molecule has 0 spiro atoms. The Kier molecular flexibility index (Phi) is 4.62. The van der Waals surface area contributed by atoms with Crippen molar-refractivity contribution in [2.45, 2.75) is 13.8 Å². The number of nitrogen functional groups attached to an aromatic ring is 1. The maximum atomic E-state index is 12.6. The van der Waals surface area contributed by atoms with Gasteiger partial charge in [0, 0.05) is 16.1 Å². The Labute approximate surface area is 157 Å². The van der Waals surface area contributed by atoms with Crippen molar-refractivity contribution in [3.05, 3.63) is 49.4 Å². The first kappa shape index (κ1) is 17.3. The van der Waals surface area contributed by atoms with Gasteiger partial charge in [-0.1, -0.05) is 34.8 Å². The number of nitrogens with zero attached hydrogens (tertiary/aromatic N) is 1. The number of aromatic nitrogens is 1. The molecule has 0 aliphatic heterocycles. The van der Waals surface area contributed by atoms with Crippen LogP contribution < -0.4 is 11.1 Å². The molecule has 0 fully saturated rings. The molecule has 0 saturated heterocycles. The first-order chi connectivity index (χ1) is 11.3. The molecular weight excluding hydrogens is 389 g/mol. The van der Waals surface area contributed by atoms with Crippen molar-refractivity contribution in [1.29, 1.82) is 0 Å². The zero-order valence-electron chi connectivity index (χ0n) is 12.7. The van der Waals surface area contributed by atoms with Crippen LogP contribution in [0.1, 0.15) is 20.9 Å². The number of rotatable bonds is 2. The quantitative estimate of drug-likeness (QED) is 0.579. The number of anilines is 2. The summed E-state index contributed by atoms with van der Waals surface area (Å²) < 4.78 is 0. The molecule has 3 aromatic rings. The van der Waals surface area contributed by atoms with Gasteiger partial charge in [0.15, 0.2) is 0 Å². The molecule has 3 N–H and O–H groups in total. The normalized spacial score (nSPS) is 11.0. The minimum atomic E-state index is -0.392. The number of benzene rings is 1. The van der Waals surface area contributed by atoms with Crippen LogP contribution >= 0.6 is 46.1 Å². The lowest BCUT2D eigenvalue weighted by atomic mass is 10.1. The number of carbonyl (C=O) groups is 1. The Balaban J connectivity index is 2.02. The molecule has 3 rings (SSSR count). The fraction of sp³-hybridized carbons (Fsp3) is 0.125. The highest BCUT2D eigenvalue weighted by molar-refractivity contribution is 7.21. The van der Waals surface area contributed by atoms with E-state index in [1.54, 1.807) is 0 Å². The average Bonchev–Trinajstić information content (AvgIpc) is 2.80. The van der Waals surface area contributed by atoms with Gasteiger partial charge in [-0.2, -0.15) is 0 Å². The van der Waals surface area contributed by atoms with Crippen LogP contribution in [0.15, 0.2) is 18.2 Å². The zero-order chi connectivity index (χ0) is 17.6. The first-order valence-electron chi connectivity index (χ1n) is 6.90. The molecule has 0 aliphatic carbocycles. The molecule has 2 heterocycles. The van der Waals surface area contributed by atoms with Gasteiger partial charge in [-0.15, -0.1) is 11.3 Å². The summed E-state index contributed by atoms with van der Waals surface area (Å²) in [6.07, 6.45) is 0. The van der Waals surface area contributed by atoms with Crippen LogP contribution in [-0.2, 0) is 0 Å². The third-order valence-corrected chi connectivity index (χ3v) is 5.54. The van der Waals surface area contributed by atoms with Gasteiger partial charge in [0.25, 0.3) is 5.91 Å². The number of pyridine rings is 1. The van der Waals surface area contributed by atoms with Crippen LogP contribution in [0, 0.1) is 13.8 Å². The second-order valence-electron chi connectivity index (χ2n) is 5.29. The van der Waals surface area contributed by atoms with Crippen molar-refractivity contribution in [2.75, 3.05) is 11.1 Å². The number of nitrogens with two attached hydrogens (primary N) is 1. The maximum Gasteiger partial charge on any atom is 0.268 e. The topological polar surface area (TPSA) is 68.0 Å². The molecule has 4 nitrogen and oxygen atoms in total. The first-order valence-corrected chi connectivity index (χ1v) is 8.85. The second-order valence-corrected chi connectivity index (χ2v) is 7.54. The fourth-order valence-corrected chi connectivity index (χ4v) is 4.16. The van der Waals surface area contributed by atoms with E-state index >= 15 is 0 Å². The standard InChI is InChI=1S/C16H12Cl3N3OS/c1-6-3-9-12(20)14(24-16(9)21-7(6)2)15(23)22-13-10(18)4-8(17)5-11(13)19/h3-5H,20H2,1-2H3,(H,22,23). The summed E-state index contributed by atoms with van der Waals surface area (Å²) in [5.41, 5.74) is 8.74. The summed E-state index contributed by atoms with van der Waals surface area (Å²) in [4.78, 5) is 18.2. The summed E-state index contributed by atoms with van der Waals surface area (Å²) in [5, 5.41) is 4.36. The highest BCUT2D eigenvalue weighted by Gasteiger charge is 2.20. The highest BCUT2D eigenvalue weighted by Crippen LogP contribution is 2.37. The lowest BCUT2D eigenvalue weighted by molar-refractivity contribution is 0.103. The molecule has 8 heteroatoms. The number of halogens is 3. The third kappa shape index (κ3) is 3.05. The van der Waals surface area contributed by atoms with Crippen molar-refractivity contribution in [2.24, 2.45) is 0 Å². The number of carbonyl (C=O) groups excluding carboxylic acids is 1. The van der Waals surface area contributed by atoms with E-state index in [1.165, 1.54) is 23.5 Å². The Morgan fingerprint density at radius 3 is 2.42 bits per heavy atom. The molecule has 0 saturated carbocycles. The van der Waals surface area contributed by atoms with Crippen molar-refractivity contribution in [3.8, 4) is 0 Å². The second kappa shape index (κ2) is 6.41. The summed E-state index contributed by atoms with van der Waals surface area (Å²) in [5.74, 6) is -0.392. The predicted octanol–water partition coefficient (Wildman–Crippen LogP) is 5.71. The molecule has 2 aromatic heterocycles. The Morgan fingerprint density at radius 2 is 1.79 bits per heavy atom. The van der Waals surface area contributed by atoms with Crippen LogP contribution in [0.25, 0.3) is 10.2 Å². The van der Waals surface area contributed by atoms with Crippen LogP contribution in [0.2, 0.25) is 15.1 Å². The van der Waals surface area contributed by atoms with Crippen LogP contribution in [0.4, 0.5) is 11.4 Å². The van der Waals surface area contributed by atoms with Crippen molar-refractivity contribution in [3.63, 3.8) is 0 Å². The Bertz CT molecular complexity index is 961. The van der Waals surface area contributed by atoms with Gasteiger partial charge in [-0.05, 0) is 37.6 Å².